The maximum Gasteiger partial charge on any atom is 0.203 e. The second-order valence-electron chi connectivity index (χ2n) is 3.19. The second-order valence-corrected chi connectivity index (χ2v) is 4.88. The van der Waals surface area contributed by atoms with Gasteiger partial charge < -0.3 is 5.32 Å². The molecule has 0 bridgehead atoms. The zero-order valence-corrected chi connectivity index (χ0v) is 12.8. The van der Waals surface area contributed by atoms with Gasteiger partial charge in [-0.1, -0.05) is 42.1 Å². The van der Waals surface area contributed by atoms with Gasteiger partial charge in [-0.2, -0.15) is 9.36 Å². The predicted octanol–water partition coefficient (Wildman–Crippen LogP) is 3.84. The fourth-order valence-corrected chi connectivity index (χ4v) is 2.78. The molecule has 0 unspecified atom stereocenters. The maximum absolute atomic E-state index is 4.37. The minimum Gasteiger partial charge on any atom is -0.361 e. The van der Waals surface area contributed by atoms with Crippen molar-refractivity contribution >= 4 is 45.4 Å². The monoisotopic (exact) mass is 331 g/mol. The highest BCUT2D eigenvalue weighted by Gasteiger charge is 2.03. The average Bonchev–Trinajstić information content (AvgIpc) is 2.76. The zero-order chi connectivity index (χ0) is 11.2. The normalized spacial score (nSPS) is 9.71. The van der Waals surface area contributed by atoms with Gasteiger partial charge in [0.25, 0.3) is 0 Å². The van der Waals surface area contributed by atoms with Crippen molar-refractivity contribution in [1.29, 1.82) is 0 Å². The molecule has 0 fully saturated rings. The van der Waals surface area contributed by atoms with Gasteiger partial charge in [-0.3, -0.25) is 0 Å². The number of nitrogens with one attached hydrogen (secondary N) is 1. The van der Waals surface area contributed by atoms with Crippen molar-refractivity contribution in [3.8, 4) is 0 Å². The number of thioether (sulfide) groups is 1. The van der Waals surface area contributed by atoms with E-state index in [9.17, 15) is 0 Å². The standard InChI is InChI=1S/C11H13N3S2.BrH/c1-2-12-10-13-11(14-16-10)15-8-9-6-4-3-5-7-9;/h3-7H,2,8H2,1H3,(H,12,13,14);1H. The van der Waals surface area contributed by atoms with Crippen LogP contribution in [0.1, 0.15) is 12.5 Å². The molecule has 0 aliphatic rings. The highest BCUT2D eigenvalue weighted by Crippen LogP contribution is 2.23. The second kappa shape index (κ2) is 7.68. The van der Waals surface area contributed by atoms with Gasteiger partial charge in [-0.25, -0.2) is 0 Å². The van der Waals surface area contributed by atoms with E-state index in [0.717, 1.165) is 22.6 Å². The summed E-state index contributed by atoms with van der Waals surface area (Å²) in [6.45, 7) is 2.94. The molecule has 0 atom stereocenters. The number of halogens is 1. The molecule has 0 amide bonds. The van der Waals surface area contributed by atoms with Gasteiger partial charge in [0.15, 0.2) is 0 Å². The van der Waals surface area contributed by atoms with E-state index < -0.39 is 0 Å². The molecule has 92 valence electrons. The molecule has 1 heterocycles. The molecule has 0 aliphatic heterocycles. The van der Waals surface area contributed by atoms with Crippen molar-refractivity contribution in [2.75, 3.05) is 11.9 Å². The Balaban J connectivity index is 0.00000144. The van der Waals surface area contributed by atoms with Crippen LogP contribution in [0, 0.1) is 0 Å². The van der Waals surface area contributed by atoms with Crippen molar-refractivity contribution in [3.05, 3.63) is 35.9 Å². The van der Waals surface area contributed by atoms with E-state index in [0.29, 0.717) is 0 Å². The molecule has 17 heavy (non-hydrogen) atoms. The summed E-state index contributed by atoms with van der Waals surface area (Å²) in [4.78, 5) is 4.37. The summed E-state index contributed by atoms with van der Waals surface area (Å²) in [5, 5.41) is 4.91. The molecule has 0 radical (unpaired) electrons. The van der Waals surface area contributed by atoms with E-state index in [1.807, 2.05) is 6.07 Å². The summed E-state index contributed by atoms with van der Waals surface area (Å²) in [6, 6.07) is 10.4. The molecule has 1 N–H and O–H groups in total. The Kier molecular flexibility index (Phi) is 6.54. The molecular formula is C11H14BrN3S2. The van der Waals surface area contributed by atoms with Crippen molar-refractivity contribution in [2.45, 2.75) is 17.8 Å². The lowest BCUT2D eigenvalue weighted by Gasteiger charge is -1.97. The maximum atomic E-state index is 4.37. The zero-order valence-electron chi connectivity index (χ0n) is 9.42. The van der Waals surface area contributed by atoms with E-state index in [2.05, 4.69) is 45.9 Å². The Morgan fingerprint density at radius 2 is 2.06 bits per heavy atom. The molecule has 2 aromatic rings. The summed E-state index contributed by atoms with van der Waals surface area (Å²) >= 11 is 3.08. The summed E-state index contributed by atoms with van der Waals surface area (Å²) in [6.07, 6.45) is 0. The molecule has 2 rings (SSSR count). The summed E-state index contributed by atoms with van der Waals surface area (Å²) in [5.74, 6) is 0.920. The number of hydrogen-bond donors (Lipinski definition) is 1. The predicted molar refractivity (Wildman–Crippen MR) is 80.4 cm³/mol. The fourth-order valence-electron chi connectivity index (χ4n) is 1.21. The molecule has 0 saturated heterocycles. The number of anilines is 1. The van der Waals surface area contributed by atoms with E-state index in [1.165, 1.54) is 17.1 Å². The van der Waals surface area contributed by atoms with Crippen LogP contribution in [-0.4, -0.2) is 15.9 Å². The summed E-state index contributed by atoms with van der Waals surface area (Å²) in [7, 11) is 0. The van der Waals surface area contributed by atoms with Gasteiger partial charge in [0.2, 0.25) is 10.3 Å². The van der Waals surface area contributed by atoms with Crippen LogP contribution in [0.2, 0.25) is 0 Å². The van der Waals surface area contributed by atoms with Crippen molar-refractivity contribution in [1.82, 2.24) is 9.36 Å². The summed E-state index contributed by atoms with van der Waals surface area (Å²) in [5.41, 5.74) is 1.30. The lowest BCUT2D eigenvalue weighted by Crippen LogP contribution is -1.94. The third kappa shape index (κ3) is 4.65. The SMILES string of the molecule is Br.CCNc1nc(SCc2ccccc2)ns1. The van der Waals surface area contributed by atoms with E-state index in [1.54, 1.807) is 11.8 Å². The molecule has 1 aromatic heterocycles. The van der Waals surface area contributed by atoms with Crippen LogP contribution in [-0.2, 0) is 5.75 Å². The Bertz CT molecular complexity index is 433. The lowest BCUT2D eigenvalue weighted by atomic mass is 10.2. The number of hydrogen-bond acceptors (Lipinski definition) is 5. The van der Waals surface area contributed by atoms with Gasteiger partial charge in [-0.05, 0) is 12.5 Å². The van der Waals surface area contributed by atoms with E-state index in [4.69, 9.17) is 0 Å². The molecular weight excluding hydrogens is 318 g/mol. The molecule has 3 nitrogen and oxygen atoms in total. The number of benzene rings is 1. The highest BCUT2D eigenvalue weighted by atomic mass is 79.9. The number of nitrogens with zero attached hydrogens (tertiary/aromatic N) is 2. The third-order valence-electron chi connectivity index (χ3n) is 1.95. The molecule has 0 spiro atoms. The summed E-state index contributed by atoms with van der Waals surface area (Å²) < 4.78 is 4.28. The van der Waals surface area contributed by atoms with Crippen molar-refractivity contribution in [3.63, 3.8) is 0 Å². The van der Waals surface area contributed by atoms with Gasteiger partial charge in [0, 0.05) is 23.8 Å². The van der Waals surface area contributed by atoms with Crippen LogP contribution in [0.4, 0.5) is 5.13 Å². The van der Waals surface area contributed by atoms with Crippen LogP contribution in [0.15, 0.2) is 35.5 Å². The Labute approximate surface area is 120 Å². The Morgan fingerprint density at radius 3 is 2.76 bits per heavy atom. The van der Waals surface area contributed by atoms with Crippen molar-refractivity contribution < 1.29 is 0 Å². The van der Waals surface area contributed by atoms with Crippen LogP contribution >= 0.6 is 40.3 Å². The lowest BCUT2D eigenvalue weighted by molar-refractivity contribution is 1.06. The van der Waals surface area contributed by atoms with Crippen LogP contribution in [0.3, 0.4) is 0 Å². The van der Waals surface area contributed by atoms with Gasteiger partial charge in [0.05, 0.1) is 0 Å². The minimum atomic E-state index is 0. The third-order valence-corrected chi connectivity index (χ3v) is 3.65. The first-order valence-electron chi connectivity index (χ1n) is 5.13. The smallest absolute Gasteiger partial charge is 0.203 e. The van der Waals surface area contributed by atoms with Crippen molar-refractivity contribution in [2.24, 2.45) is 0 Å². The van der Waals surface area contributed by atoms with Crippen LogP contribution in [0.25, 0.3) is 0 Å². The number of rotatable bonds is 5. The fraction of sp³-hybridized carbons (Fsp3) is 0.273. The Hall–Kier alpha value is -0.590. The highest BCUT2D eigenvalue weighted by molar-refractivity contribution is 8.93. The molecule has 0 aliphatic carbocycles. The Morgan fingerprint density at radius 1 is 1.29 bits per heavy atom. The average molecular weight is 332 g/mol. The number of aromatic nitrogens is 2. The van der Waals surface area contributed by atoms with Crippen LogP contribution in [0.5, 0.6) is 0 Å². The topological polar surface area (TPSA) is 37.8 Å². The van der Waals surface area contributed by atoms with Gasteiger partial charge >= 0.3 is 0 Å². The van der Waals surface area contributed by atoms with Gasteiger partial charge in [0.1, 0.15) is 0 Å². The first kappa shape index (κ1) is 14.5. The largest absolute Gasteiger partial charge is 0.361 e. The first-order valence-corrected chi connectivity index (χ1v) is 6.88. The van der Waals surface area contributed by atoms with Gasteiger partial charge in [-0.15, -0.1) is 17.0 Å². The first-order chi connectivity index (χ1) is 7.88. The molecule has 0 saturated carbocycles. The van der Waals surface area contributed by atoms with E-state index >= 15 is 0 Å². The van der Waals surface area contributed by atoms with E-state index in [-0.39, 0.29) is 17.0 Å². The molecule has 6 heteroatoms. The quantitative estimate of drug-likeness (QED) is 0.844. The molecule has 1 aromatic carbocycles. The minimum absolute atomic E-state index is 0. The van der Waals surface area contributed by atoms with Crippen LogP contribution < -0.4 is 5.32 Å².